The Bertz CT molecular complexity index is 646. The molecule has 4 nitrogen and oxygen atoms in total. The van der Waals surface area contributed by atoms with Crippen LogP contribution in [0.1, 0.15) is 10.4 Å². The van der Waals surface area contributed by atoms with E-state index in [-0.39, 0.29) is 22.7 Å². The lowest BCUT2D eigenvalue weighted by Gasteiger charge is -2.09. The molecule has 19 heavy (non-hydrogen) atoms. The minimum atomic E-state index is -1.15. The number of carboxylic acid groups (broad SMARTS) is 1. The Morgan fingerprint density at radius 2 is 2.00 bits per heavy atom. The topological polar surface area (TPSA) is 72.5 Å². The fourth-order valence-electron chi connectivity index (χ4n) is 1.47. The van der Waals surface area contributed by atoms with Crippen LogP contribution in [0.25, 0.3) is 0 Å². The van der Waals surface area contributed by atoms with Crippen molar-refractivity contribution >= 4 is 27.6 Å². The number of hydrogen-bond donors (Lipinski definition) is 2. The first-order valence-corrected chi connectivity index (χ1v) is 6.02. The minimum Gasteiger partial charge on any atom is -0.478 e. The van der Waals surface area contributed by atoms with E-state index in [1.807, 2.05) is 0 Å². The van der Waals surface area contributed by atoms with E-state index in [2.05, 4.69) is 15.9 Å². The highest BCUT2D eigenvalue weighted by atomic mass is 79.9. The molecule has 0 unspecified atom stereocenters. The van der Waals surface area contributed by atoms with Crippen LogP contribution in [0.15, 0.2) is 40.9 Å². The van der Waals surface area contributed by atoms with Gasteiger partial charge in [0.1, 0.15) is 17.3 Å². The Kier molecular flexibility index (Phi) is 3.71. The number of aromatic carboxylic acids is 1. The monoisotopic (exact) mass is 325 g/mol. The van der Waals surface area contributed by atoms with Crippen LogP contribution in [0.5, 0.6) is 11.5 Å². The summed E-state index contributed by atoms with van der Waals surface area (Å²) < 4.78 is 19.1. The molecule has 0 bridgehead atoms. The highest BCUT2D eigenvalue weighted by Gasteiger charge is 2.11. The van der Waals surface area contributed by atoms with Crippen LogP contribution in [0.3, 0.4) is 0 Å². The van der Waals surface area contributed by atoms with Gasteiger partial charge in [-0.25, -0.2) is 9.18 Å². The summed E-state index contributed by atoms with van der Waals surface area (Å²) in [7, 11) is 0. The number of halogens is 2. The van der Waals surface area contributed by atoms with Gasteiger partial charge in [0.25, 0.3) is 0 Å². The number of ether oxygens (including phenoxy) is 1. The van der Waals surface area contributed by atoms with Gasteiger partial charge in [-0.15, -0.1) is 0 Å². The largest absolute Gasteiger partial charge is 0.478 e. The molecule has 2 rings (SSSR count). The number of nitrogens with two attached hydrogens (primary N) is 1. The van der Waals surface area contributed by atoms with Crippen molar-refractivity contribution in [2.45, 2.75) is 0 Å². The van der Waals surface area contributed by atoms with Crippen LogP contribution < -0.4 is 10.5 Å². The molecule has 0 aliphatic carbocycles. The van der Waals surface area contributed by atoms with Gasteiger partial charge in [0, 0.05) is 11.8 Å². The molecule has 0 radical (unpaired) electrons. The summed E-state index contributed by atoms with van der Waals surface area (Å²) in [4.78, 5) is 10.9. The van der Waals surface area contributed by atoms with Gasteiger partial charge in [0.2, 0.25) is 0 Å². The standard InChI is InChI=1S/C13H9BrFNO3/c14-10-3-1-7(15)5-12(10)19-8-2-4-11(16)9(6-8)13(17)18/h1-6H,16H2,(H,17,18). The van der Waals surface area contributed by atoms with Crippen LogP contribution in [0, 0.1) is 5.82 Å². The molecule has 3 N–H and O–H groups in total. The Balaban J connectivity index is 2.36. The van der Waals surface area contributed by atoms with E-state index in [0.29, 0.717) is 4.47 Å². The van der Waals surface area contributed by atoms with Crippen LogP contribution in [0.4, 0.5) is 10.1 Å². The first kappa shape index (κ1) is 13.4. The van der Waals surface area contributed by atoms with Gasteiger partial charge in [-0.1, -0.05) is 0 Å². The van der Waals surface area contributed by atoms with Crippen molar-refractivity contribution in [2.24, 2.45) is 0 Å². The zero-order chi connectivity index (χ0) is 14.0. The summed E-state index contributed by atoms with van der Waals surface area (Å²) >= 11 is 3.22. The van der Waals surface area contributed by atoms with E-state index < -0.39 is 11.8 Å². The molecule has 0 aromatic heterocycles. The van der Waals surface area contributed by atoms with Crippen molar-refractivity contribution in [3.63, 3.8) is 0 Å². The highest BCUT2D eigenvalue weighted by molar-refractivity contribution is 9.10. The second kappa shape index (κ2) is 5.27. The predicted molar refractivity (Wildman–Crippen MR) is 72.0 cm³/mol. The van der Waals surface area contributed by atoms with Crippen molar-refractivity contribution in [1.29, 1.82) is 0 Å². The lowest BCUT2D eigenvalue weighted by atomic mass is 10.2. The molecule has 2 aromatic carbocycles. The van der Waals surface area contributed by atoms with Gasteiger partial charge >= 0.3 is 5.97 Å². The molecule has 0 heterocycles. The third kappa shape index (κ3) is 3.03. The Morgan fingerprint density at radius 1 is 1.26 bits per heavy atom. The summed E-state index contributed by atoms with van der Waals surface area (Å²) in [5.41, 5.74) is 5.60. The summed E-state index contributed by atoms with van der Waals surface area (Å²) in [5.74, 6) is -1.09. The Hall–Kier alpha value is -2.08. The van der Waals surface area contributed by atoms with E-state index >= 15 is 0 Å². The van der Waals surface area contributed by atoms with Crippen molar-refractivity contribution < 1.29 is 19.0 Å². The van der Waals surface area contributed by atoms with Crippen molar-refractivity contribution in [3.8, 4) is 11.5 Å². The van der Waals surface area contributed by atoms with Gasteiger partial charge in [-0.3, -0.25) is 0 Å². The average Bonchev–Trinajstić information content (AvgIpc) is 2.36. The van der Waals surface area contributed by atoms with E-state index in [4.69, 9.17) is 15.6 Å². The molecular weight excluding hydrogens is 317 g/mol. The molecule has 0 saturated heterocycles. The molecule has 6 heteroatoms. The molecule has 0 aliphatic rings. The summed E-state index contributed by atoms with van der Waals surface area (Å²) in [5, 5.41) is 8.95. The third-order valence-corrected chi connectivity index (χ3v) is 3.03. The lowest BCUT2D eigenvalue weighted by molar-refractivity contribution is 0.0697. The molecule has 0 aliphatic heterocycles. The highest BCUT2D eigenvalue weighted by Crippen LogP contribution is 2.31. The fraction of sp³-hybridized carbons (Fsp3) is 0. The summed E-state index contributed by atoms with van der Waals surface area (Å²) in [6, 6.07) is 8.20. The van der Waals surface area contributed by atoms with Crippen LogP contribution in [-0.4, -0.2) is 11.1 Å². The zero-order valence-corrected chi connectivity index (χ0v) is 11.1. The van der Waals surface area contributed by atoms with Crippen molar-refractivity contribution in [2.75, 3.05) is 5.73 Å². The zero-order valence-electron chi connectivity index (χ0n) is 9.56. The number of rotatable bonds is 3. The maximum Gasteiger partial charge on any atom is 0.337 e. The molecular formula is C13H9BrFNO3. The molecule has 0 fully saturated rings. The Morgan fingerprint density at radius 3 is 2.68 bits per heavy atom. The molecule has 98 valence electrons. The number of nitrogen functional groups attached to an aromatic ring is 1. The van der Waals surface area contributed by atoms with Gasteiger partial charge < -0.3 is 15.6 Å². The molecule has 2 aromatic rings. The van der Waals surface area contributed by atoms with E-state index in [1.54, 1.807) is 0 Å². The maximum absolute atomic E-state index is 13.1. The van der Waals surface area contributed by atoms with E-state index in [0.717, 1.165) is 0 Å². The molecule has 0 saturated carbocycles. The SMILES string of the molecule is Nc1ccc(Oc2cc(F)ccc2Br)cc1C(=O)O. The number of benzene rings is 2. The molecule has 0 amide bonds. The van der Waals surface area contributed by atoms with Crippen molar-refractivity contribution in [1.82, 2.24) is 0 Å². The quantitative estimate of drug-likeness (QED) is 0.844. The second-order valence-corrected chi connectivity index (χ2v) is 4.59. The van der Waals surface area contributed by atoms with Crippen LogP contribution in [-0.2, 0) is 0 Å². The van der Waals surface area contributed by atoms with Gasteiger partial charge in [-0.05, 0) is 46.3 Å². The number of anilines is 1. The first-order chi connectivity index (χ1) is 8.97. The van der Waals surface area contributed by atoms with Crippen molar-refractivity contribution in [3.05, 3.63) is 52.3 Å². The van der Waals surface area contributed by atoms with Crippen LogP contribution in [0.2, 0.25) is 0 Å². The van der Waals surface area contributed by atoms with Crippen LogP contribution >= 0.6 is 15.9 Å². The smallest absolute Gasteiger partial charge is 0.337 e. The molecule has 0 atom stereocenters. The number of hydrogen-bond acceptors (Lipinski definition) is 3. The average molecular weight is 326 g/mol. The fourth-order valence-corrected chi connectivity index (χ4v) is 1.79. The summed E-state index contributed by atoms with van der Waals surface area (Å²) in [6.07, 6.45) is 0. The number of carbonyl (C=O) groups is 1. The van der Waals surface area contributed by atoms with Gasteiger partial charge in [0.05, 0.1) is 10.0 Å². The minimum absolute atomic E-state index is 0.0648. The van der Waals surface area contributed by atoms with Gasteiger partial charge in [0.15, 0.2) is 0 Å². The molecule has 0 spiro atoms. The summed E-state index contributed by atoms with van der Waals surface area (Å²) in [6.45, 7) is 0. The van der Waals surface area contributed by atoms with E-state index in [9.17, 15) is 9.18 Å². The lowest BCUT2D eigenvalue weighted by Crippen LogP contribution is -2.02. The normalized spacial score (nSPS) is 10.2. The van der Waals surface area contributed by atoms with E-state index in [1.165, 1.54) is 36.4 Å². The third-order valence-electron chi connectivity index (χ3n) is 2.38. The predicted octanol–water partition coefficient (Wildman–Crippen LogP) is 3.66. The first-order valence-electron chi connectivity index (χ1n) is 5.23. The number of carboxylic acids is 1. The van der Waals surface area contributed by atoms with Gasteiger partial charge in [-0.2, -0.15) is 0 Å². The second-order valence-electron chi connectivity index (χ2n) is 3.73. The Labute approximate surface area is 116 Å². The maximum atomic E-state index is 13.1.